The van der Waals surface area contributed by atoms with Crippen LogP contribution in [0.15, 0.2) is 211 Å². The third-order valence-corrected chi connectivity index (χ3v) is 16.6. The van der Waals surface area contributed by atoms with E-state index < -0.39 is 8.07 Å². The smallest absolute Gasteiger partial charge is 0.179 e. The lowest BCUT2D eigenvalue weighted by molar-refractivity contribution is 0.946. The van der Waals surface area contributed by atoms with Crippen molar-refractivity contribution in [2.24, 2.45) is 0 Å². The van der Waals surface area contributed by atoms with E-state index in [0.29, 0.717) is 0 Å². The molecule has 0 fully saturated rings. The van der Waals surface area contributed by atoms with Gasteiger partial charge in [-0.3, -0.25) is 4.57 Å². The number of nitrogens with zero attached hydrogens (tertiary/aromatic N) is 2. The average Bonchev–Trinajstić information content (AvgIpc) is 3.65. The van der Waals surface area contributed by atoms with Gasteiger partial charge < -0.3 is 0 Å². The molecule has 1 aromatic heterocycles. The number of hydrogen-bond acceptors (Lipinski definition) is 2. The van der Waals surface area contributed by atoms with E-state index in [2.05, 4.69) is 211 Å². The highest BCUT2D eigenvalue weighted by atomic mass is 32.2. The van der Waals surface area contributed by atoms with Crippen LogP contribution in [0.3, 0.4) is 0 Å². The number of rotatable bonds is 7. The molecule has 9 aromatic rings. The molecule has 4 heteroatoms. The molecule has 54 heavy (non-hydrogen) atoms. The first-order chi connectivity index (χ1) is 26.8. The average molecular weight is 725 g/mol. The van der Waals surface area contributed by atoms with Crippen molar-refractivity contribution in [3.8, 4) is 39.1 Å². The van der Waals surface area contributed by atoms with Crippen molar-refractivity contribution in [2.45, 2.75) is 10.6 Å². The Morgan fingerprint density at radius 2 is 0.926 bits per heavy atom. The molecule has 8 aromatic carbocycles. The zero-order valence-corrected chi connectivity index (χ0v) is 31.5. The summed E-state index contributed by atoms with van der Waals surface area (Å²) in [5.41, 5.74) is 10.7. The van der Waals surface area contributed by atoms with Crippen LogP contribution < -0.4 is 20.7 Å². The summed E-state index contributed by atoms with van der Waals surface area (Å²) in [7, 11) is -2.92. The van der Waals surface area contributed by atoms with Crippen LogP contribution >= 0.6 is 11.8 Å². The molecule has 2 nitrogen and oxygen atoms in total. The summed E-state index contributed by atoms with van der Waals surface area (Å²) in [4.78, 5) is 6.29. The van der Waals surface area contributed by atoms with Crippen LogP contribution in [-0.2, 0) is 5.75 Å². The first-order valence-corrected chi connectivity index (χ1v) is 21.5. The maximum absolute atomic E-state index is 5.01. The second kappa shape index (κ2) is 13.6. The monoisotopic (exact) mass is 724 g/mol. The van der Waals surface area contributed by atoms with Gasteiger partial charge in [-0.05, 0) is 84.5 Å². The normalized spacial score (nSPS) is 12.3. The van der Waals surface area contributed by atoms with Gasteiger partial charge in [0, 0.05) is 4.90 Å². The highest BCUT2D eigenvalue weighted by Crippen LogP contribution is 2.39. The third kappa shape index (κ3) is 5.54. The van der Waals surface area contributed by atoms with E-state index in [0.717, 1.165) is 22.6 Å². The van der Waals surface area contributed by atoms with E-state index in [-0.39, 0.29) is 0 Å². The maximum Gasteiger partial charge on any atom is 0.179 e. The van der Waals surface area contributed by atoms with Crippen molar-refractivity contribution >= 4 is 51.6 Å². The van der Waals surface area contributed by atoms with E-state index in [1.165, 1.54) is 64.7 Å². The summed E-state index contributed by atoms with van der Waals surface area (Å²) >= 11 is 1.87. The highest BCUT2D eigenvalue weighted by Gasteiger charge is 2.42. The number of para-hydroxylation sites is 2. The lowest BCUT2D eigenvalue weighted by Gasteiger charge is -2.35. The quantitative estimate of drug-likeness (QED) is 0.120. The van der Waals surface area contributed by atoms with Crippen LogP contribution in [-0.4, -0.2) is 17.6 Å². The molecule has 1 aliphatic rings. The zero-order valence-electron chi connectivity index (χ0n) is 29.6. The van der Waals surface area contributed by atoms with Crippen LogP contribution in [0.1, 0.15) is 5.82 Å². The minimum Gasteiger partial charge on any atom is -0.294 e. The molecule has 0 bridgehead atoms. The molecule has 0 saturated carbocycles. The van der Waals surface area contributed by atoms with Crippen molar-refractivity contribution in [3.63, 3.8) is 0 Å². The summed E-state index contributed by atoms with van der Waals surface area (Å²) in [5, 5.41) is 5.42. The van der Waals surface area contributed by atoms with E-state index in [4.69, 9.17) is 4.98 Å². The van der Waals surface area contributed by atoms with Gasteiger partial charge in [0.25, 0.3) is 0 Å². The minimum atomic E-state index is -2.92. The van der Waals surface area contributed by atoms with Crippen LogP contribution in [0.25, 0.3) is 50.1 Å². The highest BCUT2D eigenvalue weighted by molar-refractivity contribution is 7.98. The van der Waals surface area contributed by atoms with Gasteiger partial charge in [-0.25, -0.2) is 4.98 Å². The number of imidazole rings is 1. The van der Waals surface area contributed by atoms with Crippen LogP contribution in [0.4, 0.5) is 0 Å². The third-order valence-electron chi connectivity index (χ3n) is 10.8. The molecule has 0 amide bonds. The fourth-order valence-corrected chi connectivity index (χ4v) is 14.1. The summed E-state index contributed by atoms with van der Waals surface area (Å²) in [6.45, 7) is 0. The second-order valence-corrected chi connectivity index (χ2v) is 18.7. The van der Waals surface area contributed by atoms with Gasteiger partial charge in [0.1, 0.15) is 5.82 Å². The van der Waals surface area contributed by atoms with Crippen LogP contribution in [0, 0.1) is 0 Å². The lowest BCUT2D eigenvalue weighted by Crippen LogP contribution is -2.74. The summed E-state index contributed by atoms with van der Waals surface area (Å²) < 4.78 is 2.36. The molecule has 0 radical (unpaired) electrons. The molecule has 256 valence electrons. The molecule has 0 atom stereocenters. The molecule has 0 unspecified atom stereocenters. The Morgan fingerprint density at radius 1 is 0.407 bits per heavy atom. The molecule has 1 aliphatic heterocycles. The van der Waals surface area contributed by atoms with Gasteiger partial charge in [-0.1, -0.05) is 176 Å². The largest absolute Gasteiger partial charge is 0.294 e. The molecule has 10 rings (SSSR count). The van der Waals surface area contributed by atoms with E-state index >= 15 is 0 Å². The number of benzene rings is 8. The fourth-order valence-electron chi connectivity index (χ4n) is 8.32. The molecule has 0 aliphatic carbocycles. The lowest BCUT2D eigenvalue weighted by atomic mass is 9.99. The molecule has 2 heterocycles. The van der Waals surface area contributed by atoms with Gasteiger partial charge in [0.15, 0.2) is 8.07 Å². The number of hydrogen-bond donors (Lipinski definition) is 0. The van der Waals surface area contributed by atoms with Gasteiger partial charge in [-0.15, -0.1) is 11.8 Å². The molecule has 0 saturated heterocycles. The predicted molar refractivity (Wildman–Crippen MR) is 231 cm³/mol. The molecule has 0 N–H and O–H groups in total. The number of aromatic nitrogens is 2. The Morgan fingerprint density at radius 3 is 1.57 bits per heavy atom. The Hall–Kier alpha value is -6.20. The topological polar surface area (TPSA) is 17.8 Å². The standard InChI is InChI=1S/C50H36N2SSi/c1-5-16-36(17-6-1)40-30-41(37-18-7-2-8-19-37)33-45(32-40)54(42-21-9-3-10-22-42,43-23-11-4-12-24-43)44-25-15-20-38(31-44)39-28-29-49-48(34-39)52-47-27-14-13-26-46(47)51-50(52)35-53-49/h1-34H,35H2. The first-order valence-electron chi connectivity index (χ1n) is 18.5. The summed E-state index contributed by atoms with van der Waals surface area (Å²) in [6, 6.07) is 76.3. The van der Waals surface area contributed by atoms with Crippen LogP contribution in [0.5, 0.6) is 0 Å². The molecular formula is C50H36N2SSi. The van der Waals surface area contributed by atoms with Gasteiger partial charge in [0.05, 0.1) is 22.5 Å². The fraction of sp³-hybridized carbons (Fsp3) is 0.0200. The maximum atomic E-state index is 5.01. The second-order valence-electron chi connectivity index (χ2n) is 13.9. The Kier molecular flexibility index (Phi) is 8.20. The van der Waals surface area contributed by atoms with Crippen molar-refractivity contribution < 1.29 is 0 Å². The van der Waals surface area contributed by atoms with E-state index in [9.17, 15) is 0 Å². The SMILES string of the molecule is c1ccc(-c2cc(-c3ccccc3)cc([Si](c3ccccc3)(c3ccccc3)c3cccc(-c4ccc5c(c4)-n4c(nc6ccccc64)CS5)c3)c2)cc1. The Balaban J connectivity index is 1.23. The predicted octanol–water partition coefficient (Wildman–Crippen LogP) is 10.0. The Bertz CT molecular complexity index is 2660. The zero-order chi connectivity index (χ0) is 35.9. The minimum absolute atomic E-state index is 0.867. The molecule has 0 spiro atoms. The van der Waals surface area contributed by atoms with Gasteiger partial charge in [-0.2, -0.15) is 0 Å². The summed E-state index contributed by atoms with van der Waals surface area (Å²) in [6.07, 6.45) is 0. The van der Waals surface area contributed by atoms with Crippen molar-refractivity contribution in [3.05, 3.63) is 212 Å². The Labute approximate surface area is 321 Å². The van der Waals surface area contributed by atoms with Gasteiger partial charge in [0.2, 0.25) is 0 Å². The first kappa shape index (κ1) is 32.4. The number of thioether (sulfide) groups is 1. The van der Waals surface area contributed by atoms with E-state index in [1.54, 1.807) is 0 Å². The number of fused-ring (bicyclic) bond motifs is 5. The van der Waals surface area contributed by atoms with E-state index in [1.807, 2.05) is 11.8 Å². The van der Waals surface area contributed by atoms with Crippen molar-refractivity contribution in [2.75, 3.05) is 0 Å². The van der Waals surface area contributed by atoms with Crippen molar-refractivity contribution in [1.82, 2.24) is 9.55 Å². The van der Waals surface area contributed by atoms with Gasteiger partial charge >= 0.3 is 0 Å². The summed E-state index contributed by atoms with van der Waals surface area (Å²) in [5.74, 6) is 1.97. The molecular weight excluding hydrogens is 689 g/mol. The van der Waals surface area contributed by atoms with Crippen LogP contribution in [0.2, 0.25) is 0 Å². The van der Waals surface area contributed by atoms with Crippen molar-refractivity contribution in [1.29, 1.82) is 0 Å².